The fourth-order valence-electron chi connectivity index (χ4n) is 5.31. The highest BCUT2D eigenvalue weighted by Gasteiger charge is 2.42. The Morgan fingerprint density at radius 1 is 1.19 bits per heavy atom. The Hall–Kier alpha value is -1.00. The average Bonchev–Trinajstić information content (AvgIpc) is 3.29. The predicted octanol–water partition coefficient (Wildman–Crippen LogP) is 4.89. The van der Waals surface area contributed by atoms with Crippen LogP contribution in [0.1, 0.15) is 56.6 Å². The fourth-order valence-corrected chi connectivity index (χ4v) is 6.30. The zero-order valence-electron chi connectivity index (χ0n) is 18.6. The number of hydrogen-bond donors (Lipinski definition) is 3. The molecule has 4 nitrogen and oxygen atoms in total. The van der Waals surface area contributed by atoms with Gasteiger partial charge in [0.05, 0.1) is 12.2 Å². The van der Waals surface area contributed by atoms with Crippen LogP contribution in [0.5, 0.6) is 0 Å². The smallest absolute Gasteiger partial charge is 0.200 e. The molecule has 31 heavy (non-hydrogen) atoms. The van der Waals surface area contributed by atoms with E-state index in [-0.39, 0.29) is 24.2 Å². The molecule has 0 heterocycles. The van der Waals surface area contributed by atoms with Crippen LogP contribution in [0, 0.1) is 17.8 Å². The van der Waals surface area contributed by atoms with Crippen molar-refractivity contribution in [2.75, 3.05) is 12.3 Å². The van der Waals surface area contributed by atoms with E-state index in [0.717, 1.165) is 19.3 Å². The van der Waals surface area contributed by atoms with Crippen molar-refractivity contribution in [1.82, 2.24) is 0 Å². The first kappa shape index (κ1) is 24.6. The van der Waals surface area contributed by atoms with E-state index >= 15 is 0 Å². The summed E-state index contributed by atoms with van der Waals surface area (Å²) in [4.78, 5) is 9.62. The summed E-state index contributed by atoms with van der Waals surface area (Å²) < 4.78 is 26.3. The Morgan fingerprint density at radius 3 is 2.52 bits per heavy atom. The number of hydrogen-bond acceptors (Lipinski definition) is 3. The summed E-state index contributed by atoms with van der Waals surface area (Å²) in [6, 6.07) is 8.31. The minimum absolute atomic E-state index is 0.126. The molecular weight excluding hydrogens is 414 g/mol. The van der Waals surface area contributed by atoms with Gasteiger partial charge in [-0.15, -0.1) is 0 Å². The maximum absolute atomic E-state index is 14.6. The molecule has 6 unspecified atom stereocenters. The number of rotatable bonds is 11. The number of allylic oxidation sites excluding steroid dienone is 2. The van der Waals surface area contributed by atoms with Crippen molar-refractivity contribution in [2.24, 2.45) is 17.8 Å². The molecule has 0 aromatic heterocycles. The molecule has 3 N–H and O–H groups in total. The van der Waals surface area contributed by atoms with Crippen LogP contribution in [0.15, 0.2) is 36.4 Å². The SMILES string of the molecule is CCP(=O)(O)CCC/C=C/CC1C(O)CC(F)C1CCC(O)C1Cc2ccccc2C1. The largest absolute Gasteiger partial charge is 0.393 e. The number of benzene rings is 1. The van der Waals surface area contributed by atoms with E-state index in [2.05, 4.69) is 12.1 Å². The van der Waals surface area contributed by atoms with E-state index in [1.807, 2.05) is 24.3 Å². The summed E-state index contributed by atoms with van der Waals surface area (Å²) in [6.07, 6.45) is 7.60. The van der Waals surface area contributed by atoms with Crippen molar-refractivity contribution in [3.05, 3.63) is 47.5 Å². The lowest BCUT2D eigenvalue weighted by Crippen LogP contribution is -2.25. The van der Waals surface area contributed by atoms with Crippen molar-refractivity contribution >= 4 is 7.37 Å². The lowest BCUT2D eigenvalue weighted by molar-refractivity contribution is 0.0786. The van der Waals surface area contributed by atoms with E-state index < -0.39 is 25.7 Å². The average molecular weight is 453 g/mol. The lowest BCUT2D eigenvalue weighted by atomic mass is 9.84. The molecule has 1 aromatic rings. The zero-order chi connectivity index (χ0) is 22.4. The molecule has 3 rings (SSSR count). The van der Waals surface area contributed by atoms with Crippen LogP contribution < -0.4 is 0 Å². The zero-order valence-corrected chi connectivity index (χ0v) is 19.5. The monoisotopic (exact) mass is 452 g/mol. The van der Waals surface area contributed by atoms with Crippen molar-refractivity contribution in [3.8, 4) is 0 Å². The Balaban J connectivity index is 1.45. The second-order valence-corrected chi connectivity index (χ2v) is 12.2. The molecule has 0 saturated heterocycles. The summed E-state index contributed by atoms with van der Waals surface area (Å²) >= 11 is 0. The summed E-state index contributed by atoms with van der Waals surface area (Å²) in [6.45, 7) is 1.73. The number of unbranched alkanes of at least 4 members (excludes halogenated alkanes) is 1. The highest BCUT2D eigenvalue weighted by Crippen LogP contribution is 2.42. The van der Waals surface area contributed by atoms with Crippen LogP contribution in [-0.4, -0.2) is 45.8 Å². The molecule has 174 valence electrons. The first-order chi connectivity index (χ1) is 14.8. The summed E-state index contributed by atoms with van der Waals surface area (Å²) in [5.74, 6) is -0.152. The van der Waals surface area contributed by atoms with Crippen molar-refractivity contribution < 1.29 is 24.1 Å². The molecule has 1 aromatic carbocycles. The molecule has 0 radical (unpaired) electrons. The number of aliphatic hydroxyl groups is 2. The minimum Gasteiger partial charge on any atom is -0.393 e. The molecular formula is C25H38FO4P. The first-order valence-electron chi connectivity index (χ1n) is 11.8. The predicted molar refractivity (Wildman–Crippen MR) is 123 cm³/mol. The van der Waals surface area contributed by atoms with E-state index in [1.165, 1.54) is 11.1 Å². The second-order valence-electron chi connectivity index (χ2n) is 9.46. The van der Waals surface area contributed by atoms with Crippen LogP contribution in [-0.2, 0) is 17.4 Å². The number of aliphatic hydroxyl groups excluding tert-OH is 2. The first-order valence-corrected chi connectivity index (χ1v) is 13.9. The third kappa shape index (κ3) is 6.74. The van der Waals surface area contributed by atoms with Crippen LogP contribution >= 0.6 is 7.37 Å². The Morgan fingerprint density at radius 2 is 1.87 bits per heavy atom. The van der Waals surface area contributed by atoms with Crippen LogP contribution in [0.2, 0.25) is 0 Å². The Kier molecular flexibility index (Phi) is 8.92. The molecule has 2 aliphatic rings. The Labute approximate surface area is 186 Å². The topological polar surface area (TPSA) is 77.8 Å². The van der Waals surface area contributed by atoms with Gasteiger partial charge in [-0.1, -0.05) is 43.3 Å². The van der Waals surface area contributed by atoms with Gasteiger partial charge in [0.15, 0.2) is 7.37 Å². The van der Waals surface area contributed by atoms with E-state index in [1.54, 1.807) is 6.92 Å². The van der Waals surface area contributed by atoms with Gasteiger partial charge in [0, 0.05) is 18.7 Å². The molecule has 0 aliphatic heterocycles. The quantitative estimate of drug-likeness (QED) is 0.254. The molecule has 1 fully saturated rings. The van der Waals surface area contributed by atoms with Gasteiger partial charge in [-0.3, -0.25) is 4.57 Å². The number of halogens is 1. The molecule has 6 atom stereocenters. The van der Waals surface area contributed by atoms with Gasteiger partial charge in [-0.05, 0) is 73.8 Å². The van der Waals surface area contributed by atoms with Gasteiger partial charge < -0.3 is 15.1 Å². The van der Waals surface area contributed by atoms with Gasteiger partial charge in [0.25, 0.3) is 0 Å². The van der Waals surface area contributed by atoms with Gasteiger partial charge in [0.1, 0.15) is 6.17 Å². The van der Waals surface area contributed by atoms with E-state index in [9.17, 15) is 24.1 Å². The normalized spacial score (nSPS) is 29.3. The fraction of sp³-hybridized carbons (Fsp3) is 0.680. The van der Waals surface area contributed by atoms with Gasteiger partial charge >= 0.3 is 0 Å². The Bertz CT molecular complexity index is 758. The standard InChI is InChI=1S/C25H38FO4P/c1-2-31(29,30)14-8-4-3-5-11-22-21(23(26)17-25(22)28)12-13-24(27)20-15-18-9-6-7-10-19(18)16-20/h3,5-7,9-10,20-25,27-28H,2,4,8,11-17H2,1H3,(H,29,30)/b5-3+. The van der Waals surface area contributed by atoms with E-state index in [0.29, 0.717) is 38.0 Å². The highest BCUT2D eigenvalue weighted by atomic mass is 31.2. The molecule has 6 heteroatoms. The van der Waals surface area contributed by atoms with Crippen LogP contribution in [0.25, 0.3) is 0 Å². The summed E-state index contributed by atoms with van der Waals surface area (Å²) in [7, 11) is -2.96. The number of fused-ring (bicyclic) bond motifs is 1. The van der Waals surface area contributed by atoms with Crippen molar-refractivity contribution in [1.29, 1.82) is 0 Å². The van der Waals surface area contributed by atoms with Crippen molar-refractivity contribution in [2.45, 2.75) is 76.7 Å². The highest BCUT2D eigenvalue weighted by molar-refractivity contribution is 7.57. The molecule has 2 aliphatic carbocycles. The van der Waals surface area contributed by atoms with Crippen LogP contribution in [0.4, 0.5) is 4.39 Å². The van der Waals surface area contributed by atoms with E-state index in [4.69, 9.17) is 0 Å². The van der Waals surface area contributed by atoms with Gasteiger partial charge in [-0.25, -0.2) is 4.39 Å². The van der Waals surface area contributed by atoms with Gasteiger partial charge in [-0.2, -0.15) is 0 Å². The third-order valence-corrected chi connectivity index (χ3v) is 9.35. The molecule has 1 saturated carbocycles. The summed E-state index contributed by atoms with van der Waals surface area (Å²) in [5.41, 5.74) is 2.62. The maximum Gasteiger partial charge on any atom is 0.200 e. The molecule has 0 amide bonds. The molecule has 0 bridgehead atoms. The summed E-state index contributed by atoms with van der Waals surface area (Å²) in [5, 5.41) is 21.1. The minimum atomic E-state index is -2.96. The maximum atomic E-state index is 14.6. The van der Waals surface area contributed by atoms with Crippen LogP contribution in [0.3, 0.4) is 0 Å². The van der Waals surface area contributed by atoms with Crippen molar-refractivity contribution in [3.63, 3.8) is 0 Å². The second kappa shape index (κ2) is 11.2. The number of alkyl halides is 1. The lowest BCUT2D eigenvalue weighted by Gasteiger charge is -2.24. The van der Waals surface area contributed by atoms with Gasteiger partial charge in [0.2, 0.25) is 0 Å². The third-order valence-electron chi connectivity index (χ3n) is 7.35. The molecule has 0 spiro atoms.